The second-order valence-corrected chi connectivity index (χ2v) is 6.60. The number of hydrogen-bond donors (Lipinski definition) is 2. The molecule has 6 heteroatoms. The molecule has 4 rings (SSSR count). The van der Waals surface area contributed by atoms with Gasteiger partial charge in [-0.15, -0.1) is 0 Å². The van der Waals surface area contributed by atoms with Crippen LogP contribution in [0, 0.1) is 6.92 Å². The Balaban J connectivity index is 1.47. The summed E-state index contributed by atoms with van der Waals surface area (Å²) in [7, 11) is 0. The van der Waals surface area contributed by atoms with E-state index < -0.39 is 0 Å². The highest BCUT2D eigenvalue weighted by atomic mass is 35.5. The zero-order chi connectivity index (χ0) is 18.1. The maximum Gasteiger partial charge on any atom is 0.253 e. The summed E-state index contributed by atoms with van der Waals surface area (Å²) >= 11 is 6.04. The molecular formula is C20H17ClN4O. The minimum absolute atomic E-state index is 0.145. The standard InChI is InChI=1S/C20H17ClN4O/c1-12-15(11-13-10-14(21)6-7-16(13)23-12)20(26)22-9-8-19-24-17-4-2-3-5-18(17)25-19/h2-7,10-11H,8-9H2,1H3,(H,22,26)(H,24,25). The van der Waals surface area contributed by atoms with E-state index in [1.54, 1.807) is 6.07 Å². The zero-order valence-corrected chi connectivity index (χ0v) is 15.0. The van der Waals surface area contributed by atoms with E-state index >= 15 is 0 Å². The van der Waals surface area contributed by atoms with Crippen LogP contribution in [0.1, 0.15) is 21.9 Å². The van der Waals surface area contributed by atoms with E-state index in [4.69, 9.17) is 11.6 Å². The number of H-pyrrole nitrogens is 1. The first-order chi connectivity index (χ1) is 12.6. The number of benzene rings is 2. The summed E-state index contributed by atoms with van der Waals surface area (Å²) in [6.07, 6.45) is 0.631. The van der Waals surface area contributed by atoms with E-state index in [1.165, 1.54) is 0 Å². The van der Waals surface area contributed by atoms with Crippen molar-refractivity contribution >= 4 is 39.4 Å². The van der Waals surface area contributed by atoms with Crippen LogP contribution in [0.5, 0.6) is 0 Å². The lowest BCUT2D eigenvalue weighted by molar-refractivity contribution is 0.0953. The molecule has 0 fully saturated rings. The van der Waals surface area contributed by atoms with Gasteiger partial charge in [0, 0.05) is 23.4 Å². The number of para-hydroxylation sites is 2. The number of amides is 1. The maximum absolute atomic E-state index is 12.5. The number of carbonyl (C=O) groups excluding carboxylic acids is 1. The molecule has 0 aliphatic rings. The van der Waals surface area contributed by atoms with Gasteiger partial charge < -0.3 is 10.3 Å². The number of pyridine rings is 1. The molecule has 130 valence electrons. The lowest BCUT2D eigenvalue weighted by Crippen LogP contribution is -2.26. The van der Waals surface area contributed by atoms with Gasteiger partial charge in [-0.3, -0.25) is 9.78 Å². The van der Waals surface area contributed by atoms with Gasteiger partial charge in [0.2, 0.25) is 0 Å². The average Bonchev–Trinajstić information content (AvgIpc) is 3.04. The van der Waals surface area contributed by atoms with Gasteiger partial charge in [0.1, 0.15) is 5.82 Å². The number of aryl methyl sites for hydroxylation is 1. The number of aromatic amines is 1. The van der Waals surface area contributed by atoms with Crippen molar-refractivity contribution in [2.45, 2.75) is 13.3 Å². The average molecular weight is 365 g/mol. The number of nitrogens with one attached hydrogen (secondary N) is 2. The van der Waals surface area contributed by atoms with Crippen molar-refractivity contribution in [3.8, 4) is 0 Å². The minimum Gasteiger partial charge on any atom is -0.352 e. The fraction of sp³-hybridized carbons (Fsp3) is 0.150. The third-order valence-corrected chi connectivity index (χ3v) is 4.53. The number of aromatic nitrogens is 3. The molecule has 4 aromatic rings. The SMILES string of the molecule is Cc1nc2ccc(Cl)cc2cc1C(=O)NCCc1nc2ccccc2[nH]1. The summed E-state index contributed by atoms with van der Waals surface area (Å²) in [5, 5.41) is 4.42. The number of carbonyl (C=O) groups is 1. The number of nitrogens with zero attached hydrogens (tertiary/aromatic N) is 2. The number of halogens is 1. The zero-order valence-electron chi connectivity index (χ0n) is 14.2. The van der Waals surface area contributed by atoms with Crippen LogP contribution >= 0.6 is 11.6 Å². The molecule has 0 bridgehead atoms. The molecule has 0 spiro atoms. The summed E-state index contributed by atoms with van der Waals surface area (Å²) in [5.41, 5.74) is 4.01. The van der Waals surface area contributed by atoms with Crippen LogP contribution in [0.25, 0.3) is 21.9 Å². The summed E-state index contributed by atoms with van der Waals surface area (Å²) in [6, 6.07) is 15.2. The smallest absolute Gasteiger partial charge is 0.253 e. The molecule has 0 unspecified atom stereocenters. The van der Waals surface area contributed by atoms with Gasteiger partial charge in [0.25, 0.3) is 5.91 Å². The molecule has 0 saturated heterocycles. The second kappa shape index (κ2) is 6.77. The highest BCUT2D eigenvalue weighted by molar-refractivity contribution is 6.31. The third kappa shape index (κ3) is 3.26. The van der Waals surface area contributed by atoms with Crippen molar-refractivity contribution in [3.63, 3.8) is 0 Å². The van der Waals surface area contributed by atoms with Crippen LogP contribution < -0.4 is 5.32 Å². The highest BCUT2D eigenvalue weighted by Gasteiger charge is 2.12. The number of fused-ring (bicyclic) bond motifs is 2. The van der Waals surface area contributed by atoms with Crippen molar-refractivity contribution < 1.29 is 4.79 Å². The third-order valence-electron chi connectivity index (χ3n) is 4.30. The van der Waals surface area contributed by atoms with Gasteiger partial charge in [-0.1, -0.05) is 23.7 Å². The molecule has 0 atom stereocenters. The molecule has 5 nitrogen and oxygen atoms in total. The monoisotopic (exact) mass is 364 g/mol. The molecule has 0 radical (unpaired) electrons. The van der Waals surface area contributed by atoms with E-state index in [9.17, 15) is 4.79 Å². The number of hydrogen-bond acceptors (Lipinski definition) is 3. The molecule has 1 amide bonds. The Morgan fingerprint density at radius 1 is 1.12 bits per heavy atom. The Morgan fingerprint density at radius 2 is 1.96 bits per heavy atom. The van der Waals surface area contributed by atoms with Crippen LogP contribution in [0.15, 0.2) is 48.5 Å². The Labute approximate surface area is 155 Å². The predicted octanol–water partition coefficient (Wildman–Crippen LogP) is 4.05. The van der Waals surface area contributed by atoms with Crippen molar-refractivity contribution in [1.82, 2.24) is 20.3 Å². The Morgan fingerprint density at radius 3 is 2.81 bits per heavy atom. The largest absolute Gasteiger partial charge is 0.352 e. The molecular weight excluding hydrogens is 348 g/mol. The van der Waals surface area contributed by atoms with Crippen LogP contribution in [-0.4, -0.2) is 27.4 Å². The fourth-order valence-electron chi connectivity index (χ4n) is 2.99. The Hall–Kier alpha value is -2.92. The van der Waals surface area contributed by atoms with Crippen LogP contribution in [0.4, 0.5) is 0 Å². The Kier molecular flexibility index (Phi) is 4.31. The van der Waals surface area contributed by atoms with Crippen molar-refractivity contribution in [3.05, 3.63) is 70.6 Å². The van der Waals surface area contributed by atoms with E-state index in [2.05, 4.69) is 20.3 Å². The van der Waals surface area contributed by atoms with Gasteiger partial charge >= 0.3 is 0 Å². The summed E-state index contributed by atoms with van der Waals surface area (Å²) in [6.45, 7) is 2.33. The lowest BCUT2D eigenvalue weighted by Gasteiger charge is -2.08. The molecule has 0 aliphatic carbocycles. The van der Waals surface area contributed by atoms with Crippen molar-refractivity contribution in [2.75, 3.05) is 6.54 Å². The minimum atomic E-state index is -0.145. The molecule has 2 N–H and O–H groups in total. The van der Waals surface area contributed by atoms with Crippen LogP contribution in [-0.2, 0) is 6.42 Å². The van der Waals surface area contributed by atoms with E-state index in [-0.39, 0.29) is 5.91 Å². The van der Waals surface area contributed by atoms with E-state index in [0.717, 1.165) is 27.8 Å². The fourth-order valence-corrected chi connectivity index (χ4v) is 3.17. The van der Waals surface area contributed by atoms with E-state index in [1.807, 2.05) is 49.4 Å². The quantitative estimate of drug-likeness (QED) is 0.574. The van der Waals surface area contributed by atoms with Crippen molar-refractivity contribution in [1.29, 1.82) is 0 Å². The molecule has 0 saturated carbocycles. The molecule has 26 heavy (non-hydrogen) atoms. The van der Waals surface area contributed by atoms with Crippen LogP contribution in [0.3, 0.4) is 0 Å². The molecule has 0 aliphatic heterocycles. The summed E-state index contributed by atoms with van der Waals surface area (Å²) in [5.74, 6) is 0.708. The van der Waals surface area contributed by atoms with E-state index in [0.29, 0.717) is 29.2 Å². The lowest BCUT2D eigenvalue weighted by atomic mass is 10.1. The van der Waals surface area contributed by atoms with Gasteiger partial charge in [0.05, 0.1) is 27.8 Å². The van der Waals surface area contributed by atoms with Gasteiger partial charge in [-0.2, -0.15) is 0 Å². The second-order valence-electron chi connectivity index (χ2n) is 6.16. The van der Waals surface area contributed by atoms with Crippen molar-refractivity contribution in [2.24, 2.45) is 0 Å². The normalized spacial score (nSPS) is 11.2. The maximum atomic E-state index is 12.5. The van der Waals surface area contributed by atoms with Crippen LogP contribution in [0.2, 0.25) is 5.02 Å². The highest BCUT2D eigenvalue weighted by Crippen LogP contribution is 2.20. The first-order valence-electron chi connectivity index (χ1n) is 8.39. The molecule has 2 heterocycles. The summed E-state index contributed by atoms with van der Waals surface area (Å²) in [4.78, 5) is 24.8. The first-order valence-corrected chi connectivity index (χ1v) is 8.77. The number of imidazole rings is 1. The number of rotatable bonds is 4. The van der Waals surface area contributed by atoms with Gasteiger partial charge in [0.15, 0.2) is 0 Å². The predicted molar refractivity (Wildman–Crippen MR) is 104 cm³/mol. The summed E-state index contributed by atoms with van der Waals surface area (Å²) < 4.78 is 0. The van der Waals surface area contributed by atoms with Gasteiger partial charge in [-0.25, -0.2) is 4.98 Å². The van der Waals surface area contributed by atoms with Gasteiger partial charge in [-0.05, 0) is 43.3 Å². The topological polar surface area (TPSA) is 70.7 Å². The molecule has 2 aromatic carbocycles. The molecule has 2 aromatic heterocycles. The first kappa shape index (κ1) is 16.5. The Bertz CT molecular complexity index is 1090.